The standard InChI is InChI=1S/C11H18N2S/c1-13-8-7-10(12)9-14-11-5-3-2-4-6-11/h2-6,10,13H,7-9,12H2,1H3. The molecule has 1 atom stereocenters. The maximum absolute atomic E-state index is 5.95. The fourth-order valence-corrected chi connectivity index (χ4v) is 2.06. The second-order valence-electron chi connectivity index (χ2n) is 3.28. The van der Waals surface area contributed by atoms with Gasteiger partial charge in [0.15, 0.2) is 0 Å². The average Bonchev–Trinajstić information content (AvgIpc) is 2.25. The van der Waals surface area contributed by atoms with Crippen LogP contribution in [-0.4, -0.2) is 25.4 Å². The second-order valence-corrected chi connectivity index (χ2v) is 4.37. The van der Waals surface area contributed by atoms with Gasteiger partial charge in [0, 0.05) is 16.7 Å². The molecule has 0 aliphatic carbocycles. The zero-order chi connectivity index (χ0) is 10.2. The lowest BCUT2D eigenvalue weighted by Crippen LogP contribution is -2.27. The van der Waals surface area contributed by atoms with Crippen molar-refractivity contribution in [1.82, 2.24) is 5.32 Å². The van der Waals surface area contributed by atoms with Gasteiger partial charge in [0.05, 0.1) is 0 Å². The van der Waals surface area contributed by atoms with Gasteiger partial charge in [0.2, 0.25) is 0 Å². The summed E-state index contributed by atoms with van der Waals surface area (Å²) in [4.78, 5) is 1.30. The Morgan fingerprint density at radius 3 is 2.71 bits per heavy atom. The Hall–Kier alpha value is -0.510. The summed E-state index contributed by atoms with van der Waals surface area (Å²) in [7, 11) is 1.96. The summed E-state index contributed by atoms with van der Waals surface area (Å²) in [6.45, 7) is 0.997. The first-order chi connectivity index (χ1) is 6.83. The Kier molecular flexibility index (Phi) is 5.68. The smallest absolute Gasteiger partial charge is 0.0146 e. The highest BCUT2D eigenvalue weighted by molar-refractivity contribution is 7.99. The number of hydrogen-bond acceptors (Lipinski definition) is 3. The van der Waals surface area contributed by atoms with E-state index in [9.17, 15) is 0 Å². The van der Waals surface area contributed by atoms with Gasteiger partial charge < -0.3 is 11.1 Å². The minimum absolute atomic E-state index is 0.285. The Balaban J connectivity index is 2.20. The van der Waals surface area contributed by atoms with Crippen LogP contribution in [0.5, 0.6) is 0 Å². The van der Waals surface area contributed by atoms with Crippen molar-refractivity contribution in [2.75, 3.05) is 19.3 Å². The van der Waals surface area contributed by atoms with Crippen LogP contribution in [0.4, 0.5) is 0 Å². The summed E-state index contributed by atoms with van der Waals surface area (Å²) in [5.41, 5.74) is 5.95. The number of nitrogens with two attached hydrogens (primary N) is 1. The van der Waals surface area contributed by atoms with E-state index in [1.165, 1.54) is 4.90 Å². The van der Waals surface area contributed by atoms with Crippen LogP contribution in [0, 0.1) is 0 Å². The second kappa shape index (κ2) is 6.87. The van der Waals surface area contributed by atoms with E-state index in [0.29, 0.717) is 0 Å². The lowest BCUT2D eigenvalue weighted by molar-refractivity contribution is 0.634. The van der Waals surface area contributed by atoms with Crippen LogP contribution in [0.25, 0.3) is 0 Å². The number of benzene rings is 1. The summed E-state index contributed by atoms with van der Waals surface area (Å²) >= 11 is 1.83. The number of thioether (sulfide) groups is 1. The van der Waals surface area contributed by atoms with Crippen molar-refractivity contribution in [3.05, 3.63) is 30.3 Å². The molecule has 0 amide bonds. The molecule has 3 N–H and O–H groups in total. The number of rotatable bonds is 6. The van der Waals surface area contributed by atoms with Gasteiger partial charge in [-0.1, -0.05) is 18.2 Å². The molecule has 0 fully saturated rings. The van der Waals surface area contributed by atoms with E-state index in [0.717, 1.165) is 18.7 Å². The molecule has 3 heteroatoms. The normalized spacial score (nSPS) is 12.7. The van der Waals surface area contributed by atoms with Crippen LogP contribution in [-0.2, 0) is 0 Å². The molecule has 0 saturated heterocycles. The first-order valence-electron chi connectivity index (χ1n) is 4.91. The molecule has 0 aliphatic heterocycles. The predicted molar refractivity (Wildman–Crippen MR) is 63.7 cm³/mol. The highest BCUT2D eigenvalue weighted by Crippen LogP contribution is 2.17. The van der Waals surface area contributed by atoms with E-state index in [1.807, 2.05) is 24.9 Å². The van der Waals surface area contributed by atoms with Crippen molar-refractivity contribution in [3.63, 3.8) is 0 Å². The zero-order valence-electron chi connectivity index (χ0n) is 8.57. The highest BCUT2D eigenvalue weighted by atomic mass is 32.2. The lowest BCUT2D eigenvalue weighted by atomic mass is 10.2. The van der Waals surface area contributed by atoms with Gasteiger partial charge in [-0.3, -0.25) is 0 Å². The molecule has 0 aliphatic rings. The Labute approximate surface area is 90.3 Å². The van der Waals surface area contributed by atoms with Crippen LogP contribution in [0.2, 0.25) is 0 Å². The third-order valence-corrected chi connectivity index (χ3v) is 3.17. The maximum atomic E-state index is 5.95. The first kappa shape index (κ1) is 11.6. The molecule has 1 aromatic rings. The summed E-state index contributed by atoms with van der Waals surface area (Å²) < 4.78 is 0. The number of hydrogen-bond donors (Lipinski definition) is 2. The van der Waals surface area contributed by atoms with Crippen LogP contribution >= 0.6 is 11.8 Å². The molecular formula is C11H18N2S. The van der Waals surface area contributed by atoms with Crippen molar-refractivity contribution in [3.8, 4) is 0 Å². The van der Waals surface area contributed by atoms with E-state index < -0.39 is 0 Å². The highest BCUT2D eigenvalue weighted by Gasteiger charge is 2.02. The Morgan fingerprint density at radius 1 is 1.36 bits per heavy atom. The molecule has 0 radical (unpaired) electrons. The third kappa shape index (κ3) is 4.65. The van der Waals surface area contributed by atoms with E-state index in [-0.39, 0.29) is 6.04 Å². The fourth-order valence-electron chi connectivity index (χ4n) is 1.13. The molecule has 0 aromatic heterocycles. The lowest BCUT2D eigenvalue weighted by Gasteiger charge is -2.10. The van der Waals surface area contributed by atoms with Crippen molar-refractivity contribution < 1.29 is 0 Å². The molecule has 14 heavy (non-hydrogen) atoms. The SMILES string of the molecule is CNCCC(N)CSc1ccccc1. The molecule has 1 aromatic carbocycles. The average molecular weight is 210 g/mol. The summed E-state index contributed by atoms with van der Waals surface area (Å²) in [5, 5.41) is 3.11. The van der Waals surface area contributed by atoms with Crippen LogP contribution < -0.4 is 11.1 Å². The van der Waals surface area contributed by atoms with Gasteiger partial charge in [0.25, 0.3) is 0 Å². The van der Waals surface area contributed by atoms with Crippen molar-refractivity contribution >= 4 is 11.8 Å². The topological polar surface area (TPSA) is 38.0 Å². The molecule has 2 nitrogen and oxygen atoms in total. The fraction of sp³-hybridized carbons (Fsp3) is 0.455. The van der Waals surface area contributed by atoms with E-state index in [4.69, 9.17) is 5.73 Å². The van der Waals surface area contributed by atoms with Gasteiger partial charge in [-0.25, -0.2) is 0 Å². The van der Waals surface area contributed by atoms with Crippen molar-refractivity contribution in [2.24, 2.45) is 5.73 Å². The van der Waals surface area contributed by atoms with Gasteiger partial charge in [-0.15, -0.1) is 11.8 Å². The van der Waals surface area contributed by atoms with Gasteiger partial charge in [-0.05, 0) is 32.1 Å². The predicted octanol–water partition coefficient (Wildman–Crippen LogP) is 1.72. The minimum Gasteiger partial charge on any atom is -0.327 e. The molecule has 0 saturated carbocycles. The van der Waals surface area contributed by atoms with Crippen molar-refractivity contribution in [2.45, 2.75) is 17.4 Å². The summed E-state index contributed by atoms with van der Waals surface area (Å²) in [5.74, 6) is 0.992. The molecule has 1 rings (SSSR count). The Morgan fingerprint density at radius 2 is 2.07 bits per heavy atom. The summed E-state index contributed by atoms with van der Waals surface area (Å²) in [6, 6.07) is 10.7. The van der Waals surface area contributed by atoms with Gasteiger partial charge in [-0.2, -0.15) is 0 Å². The molecule has 0 spiro atoms. The Bertz CT molecular complexity index is 238. The molecule has 0 heterocycles. The van der Waals surface area contributed by atoms with Crippen molar-refractivity contribution in [1.29, 1.82) is 0 Å². The molecular weight excluding hydrogens is 192 g/mol. The molecule has 1 unspecified atom stereocenters. The minimum atomic E-state index is 0.285. The maximum Gasteiger partial charge on any atom is 0.0146 e. The molecule has 78 valence electrons. The van der Waals surface area contributed by atoms with E-state index in [1.54, 1.807) is 0 Å². The van der Waals surface area contributed by atoms with Crippen LogP contribution in [0.15, 0.2) is 35.2 Å². The quantitative estimate of drug-likeness (QED) is 0.702. The van der Waals surface area contributed by atoms with Gasteiger partial charge in [0.1, 0.15) is 0 Å². The van der Waals surface area contributed by atoms with Gasteiger partial charge >= 0.3 is 0 Å². The first-order valence-corrected chi connectivity index (χ1v) is 5.89. The van der Waals surface area contributed by atoms with Crippen LogP contribution in [0.3, 0.4) is 0 Å². The monoisotopic (exact) mass is 210 g/mol. The van der Waals surface area contributed by atoms with E-state index >= 15 is 0 Å². The summed E-state index contributed by atoms with van der Waals surface area (Å²) in [6.07, 6.45) is 1.04. The zero-order valence-corrected chi connectivity index (χ0v) is 9.39. The number of nitrogens with one attached hydrogen (secondary N) is 1. The van der Waals surface area contributed by atoms with Crippen LogP contribution in [0.1, 0.15) is 6.42 Å². The third-order valence-electron chi connectivity index (χ3n) is 1.97. The largest absolute Gasteiger partial charge is 0.327 e. The molecule has 0 bridgehead atoms. The van der Waals surface area contributed by atoms with E-state index in [2.05, 4.69) is 29.6 Å².